The second-order valence-electron chi connectivity index (χ2n) is 19.4. The number of hydrogen-bond donors (Lipinski definition) is 1. The summed E-state index contributed by atoms with van der Waals surface area (Å²) in [7, 11) is -20.1. The second kappa shape index (κ2) is 27.4. The van der Waals surface area contributed by atoms with Crippen molar-refractivity contribution in [2.24, 2.45) is 10.2 Å². The van der Waals surface area contributed by atoms with Gasteiger partial charge < -0.3 is 23.5 Å². The van der Waals surface area contributed by atoms with Crippen molar-refractivity contribution in [2.75, 3.05) is 10.2 Å². The minimum Gasteiger partial charge on any atom is -0.744 e. The van der Waals surface area contributed by atoms with Crippen molar-refractivity contribution >= 4 is 123 Å². The van der Waals surface area contributed by atoms with Gasteiger partial charge in [-0.3, -0.25) is 4.90 Å². The third kappa shape index (κ3) is 14.3. The van der Waals surface area contributed by atoms with Gasteiger partial charge in [0.05, 0.1) is 51.4 Å². The van der Waals surface area contributed by atoms with E-state index in [9.17, 15) is 57.1 Å². The van der Waals surface area contributed by atoms with Crippen molar-refractivity contribution in [1.82, 2.24) is 24.7 Å². The molecule has 0 amide bonds. The summed E-state index contributed by atoms with van der Waals surface area (Å²) in [5.74, 6) is -0.245. The van der Waals surface area contributed by atoms with E-state index in [0.29, 0.717) is 33.3 Å². The fourth-order valence-electron chi connectivity index (χ4n) is 9.53. The van der Waals surface area contributed by atoms with Crippen LogP contribution in [0.4, 0.5) is 39.6 Å². The van der Waals surface area contributed by atoms with Crippen LogP contribution in [-0.2, 0) is 84.4 Å². The molecule has 0 atom stereocenters. The summed E-state index contributed by atoms with van der Waals surface area (Å²) in [6.07, 6.45) is 0.992. The van der Waals surface area contributed by atoms with Crippen LogP contribution in [-0.4, -0.2) is 76.6 Å². The summed E-state index contributed by atoms with van der Waals surface area (Å²) < 4.78 is 154. The summed E-state index contributed by atoms with van der Waals surface area (Å²) in [5.41, 5.74) is 2.64. The molecule has 0 radical (unpaired) electrons. The maximum absolute atomic E-state index is 13.4. The molecule has 0 unspecified atom stereocenters. The van der Waals surface area contributed by atoms with Gasteiger partial charge in [0.15, 0.2) is 16.8 Å². The first-order valence-electron chi connectivity index (χ1n) is 25.0. The molecule has 0 aliphatic carbocycles. The van der Waals surface area contributed by atoms with Gasteiger partial charge in [0.2, 0.25) is 5.13 Å². The van der Waals surface area contributed by atoms with Gasteiger partial charge in [-0.1, -0.05) is 97.1 Å². The topological polar surface area (TPSA) is 349 Å². The molecule has 8 rings (SSSR count). The van der Waals surface area contributed by atoms with E-state index in [2.05, 4.69) is 21.5 Å². The molecule has 0 aliphatic heterocycles. The van der Waals surface area contributed by atoms with Crippen LogP contribution < -0.4 is 85.7 Å². The zero-order chi connectivity index (χ0) is 58.8. The smallest absolute Gasteiger partial charge is 0.744 e. The van der Waals surface area contributed by atoms with Gasteiger partial charge in [-0.15, -0.1) is 10.2 Å². The van der Waals surface area contributed by atoms with Crippen LogP contribution in [0.15, 0.2) is 84.4 Å². The molecular formula is C52H52Li4N10O12S6. The van der Waals surface area contributed by atoms with Gasteiger partial charge in [0, 0.05) is 11.1 Å². The quantitative estimate of drug-likeness (QED) is 0.0586. The molecule has 0 aliphatic rings. The molecule has 0 fully saturated rings. The van der Waals surface area contributed by atoms with Crippen LogP contribution >= 0.6 is 22.7 Å². The molecule has 4 aromatic heterocycles. The number of rotatable bonds is 18. The zero-order valence-corrected chi connectivity index (χ0v) is 53.7. The summed E-state index contributed by atoms with van der Waals surface area (Å²) >= 11 is 1.90. The number of fused-ring (bicyclic) bond motifs is 2. The monoisotopic (exact) mass is 1230 g/mol. The van der Waals surface area contributed by atoms with Crippen LogP contribution in [0.1, 0.15) is 113 Å². The molecule has 0 saturated carbocycles. The van der Waals surface area contributed by atoms with E-state index in [1.54, 1.807) is 52.8 Å². The summed E-state index contributed by atoms with van der Waals surface area (Å²) in [6.45, 7) is 17.5. The van der Waals surface area contributed by atoms with E-state index < -0.39 is 65.5 Å². The van der Waals surface area contributed by atoms with Gasteiger partial charge in [-0.05, 0) is 127 Å². The maximum atomic E-state index is 13.4. The van der Waals surface area contributed by atoms with E-state index in [0.717, 1.165) is 40.9 Å². The fraction of sp³-hybridized carbons (Fsp3) is 0.327. The molecule has 22 nitrogen and oxygen atoms in total. The third-order valence-corrected chi connectivity index (χ3v) is 18.9. The van der Waals surface area contributed by atoms with Crippen LogP contribution in [0, 0.1) is 18.3 Å². The molecule has 0 spiro atoms. The number of hydrogen-bond acceptors (Lipinski definition) is 23. The van der Waals surface area contributed by atoms with E-state index in [1.165, 1.54) is 27.8 Å². The predicted octanol–water partition coefficient (Wildman–Crippen LogP) is -1.40. The second-order valence-corrected chi connectivity index (χ2v) is 26.8. The first-order valence-corrected chi connectivity index (χ1v) is 32.2. The van der Waals surface area contributed by atoms with Gasteiger partial charge >= 0.3 is 75.4 Å². The Morgan fingerprint density at radius 1 is 0.631 bits per heavy atom. The van der Waals surface area contributed by atoms with Crippen molar-refractivity contribution in [3.8, 4) is 11.2 Å². The largest absolute Gasteiger partial charge is 1.00 e. The number of nitrogens with one attached hydrogen (secondary N) is 1. The Hall–Kier alpha value is -4.26. The Balaban J connectivity index is 0.00000378. The van der Waals surface area contributed by atoms with Crippen molar-refractivity contribution in [1.29, 1.82) is 5.26 Å². The average molecular weight is 1230 g/mol. The van der Waals surface area contributed by atoms with Crippen LogP contribution in [0.25, 0.3) is 25.6 Å². The number of azo groups is 1. The Morgan fingerprint density at radius 3 is 1.61 bits per heavy atom. The first kappa shape index (κ1) is 72.2. The molecule has 4 aromatic carbocycles. The van der Waals surface area contributed by atoms with Crippen molar-refractivity contribution < 1.29 is 127 Å². The number of benzene rings is 4. The number of aromatic nitrogens is 5. The Bertz CT molecular complexity index is 4410. The standard InChI is InChI=1S/C52H56N10O12S6.4Li/c1-11-28-22-30(13-3)45(79(69,70)71)34(15-5)43(28)57-48-42(58-59-49-36(26-53)47(52(8,9)10)60-62(49)51-55-38-20-18-33(78(66,67)68)25-40(38)76-51)27(7)21-41(56-48)61(50-54-37-19-17-32(77(63,64)65)24-39(37)75-50)44-29(12-2)23-31(14-4)46(35(44)16-6)80(72,73)74;;;;/h17-25H,11-16H2,1-10H3,(H,56,57)(H,63,64,65)(H,66,67,68)(H,69,70,71)(H,72,73,74);;;;/q;4*+1/p-4. The first-order chi connectivity index (χ1) is 37.4. The van der Waals surface area contributed by atoms with Crippen LogP contribution in [0.2, 0.25) is 0 Å². The number of aryl methyl sites for hydroxylation is 5. The Kier molecular flexibility index (Phi) is 23.6. The summed E-state index contributed by atoms with van der Waals surface area (Å²) in [4.78, 5) is 14.3. The van der Waals surface area contributed by atoms with Gasteiger partial charge in [0.1, 0.15) is 63.6 Å². The molecule has 0 bridgehead atoms. The number of anilines is 5. The van der Waals surface area contributed by atoms with Crippen molar-refractivity contribution in [3.05, 3.63) is 105 Å². The average Bonchev–Trinajstić information content (AvgIpc) is 4.22. The fourth-order valence-corrected chi connectivity index (χ4v) is 14.8. The van der Waals surface area contributed by atoms with Gasteiger partial charge in [-0.2, -0.15) is 15.0 Å². The maximum Gasteiger partial charge on any atom is 1.00 e. The molecule has 0 saturated heterocycles. The van der Waals surface area contributed by atoms with E-state index in [4.69, 9.17) is 20.2 Å². The molecule has 8 aromatic rings. The van der Waals surface area contributed by atoms with Crippen LogP contribution in [0.5, 0.6) is 0 Å². The summed E-state index contributed by atoms with van der Waals surface area (Å²) in [5, 5.41) is 28.5. The van der Waals surface area contributed by atoms with Gasteiger partial charge in [0.25, 0.3) is 0 Å². The molecular weight excluding hydrogens is 1180 g/mol. The minimum atomic E-state index is -5.17. The number of nitriles is 1. The van der Waals surface area contributed by atoms with Crippen LogP contribution in [0.3, 0.4) is 0 Å². The minimum absolute atomic E-state index is 0. The van der Waals surface area contributed by atoms with E-state index >= 15 is 0 Å². The molecule has 84 heavy (non-hydrogen) atoms. The SMILES string of the molecule is CCc1cc(CC)c(S(=O)(=O)[O-])c(CC)c1Nc1nc(N(c2nc3ccc(S(=O)(=O)[O-])cc3s2)c2c(CC)cc(CC)c(S(=O)(=O)[O-])c2CC)cc(C)c1N=Nc1c(C#N)c(C(C)(C)C)nn1-c1nc2ccc(S(=O)(=O)[O-])cc2s1.[Li+].[Li+].[Li+].[Li+]. The number of thiazole rings is 2. The molecule has 32 heteroatoms. The number of pyridine rings is 1. The predicted molar refractivity (Wildman–Crippen MR) is 299 cm³/mol. The molecule has 1 N–H and O–H groups in total. The Labute approximate surface area is 544 Å². The molecule has 422 valence electrons. The van der Waals surface area contributed by atoms with E-state index in [-0.39, 0.29) is 196 Å². The molecule has 4 heterocycles. The van der Waals surface area contributed by atoms with Crippen molar-refractivity contribution in [3.63, 3.8) is 0 Å². The zero-order valence-electron chi connectivity index (χ0n) is 48.8. The van der Waals surface area contributed by atoms with E-state index in [1.807, 2.05) is 34.6 Å². The third-order valence-electron chi connectivity index (χ3n) is 13.2. The number of nitrogens with zero attached hydrogens (tertiary/aromatic N) is 9. The van der Waals surface area contributed by atoms with Gasteiger partial charge in [-0.25, -0.2) is 48.6 Å². The normalized spacial score (nSPS) is 12.2. The Morgan fingerprint density at radius 2 is 1.13 bits per heavy atom. The summed E-state index contributed by atoms with van der Waals surface area (Å²) in [6, 6.07) is 14.3. The van der Waals surface area contributed by atoms with Crippen molar-refractivity contribution in [2.45, 2.75) is 133 Å².